The van der Waals surface area contributed by atoms with Crippen LogP contribution in [-0.2, 0) is 4.79 Å². The number of carbonyl (C=O) groups excluding carboxylic acids is 1. The van der Waals surface area contributed by atoms with Crippen LogP contribution in [0.5, 0.6) is 0 Å². The molecule has 0 aliphatic carbocycles. The molecular formula is C11H19N3O. The van der Waals surface area contributed by atoms with Crippen LogP contribution in [0.25, 0.3) is 0 Å². The van der Waals surface area contributed by atoms with Gasteiger partial charge in [-0.3, -0.25) is 4.79 Å². The van der Waals surface area contributed by atoms with Crippen LogP contribution < -0.4 is 10.6 Å². The normalized spacial score (nSPS) is 22.0. The van der Waals surface area contributed by atoms with E-state index in [0.29, 0.717) is 18.8 Å². The summed E-state index contributed by atoms with van der Waals surface area (Å²) in [6, 6.07) is 2.12. The summed E-state index contributed by atoms with van der Waals surface area (Å²) < 4.78 is 0. The molecule has 15 heavy (non-hydrogen) atoms. The van der Waals surface area contributed by atoms with Crippen molar-refractivity contribution >= 4 is 5.91 Å². The molecule has 84 valence electrons. The molecule has 1 amide bonds. The van der Waals surface area contributed by atoms with Gasteiger partial charge in [-0.05, 0) is 31.8 Å². The molecule has 0 spiro atoms. The van der Waals surface area contributed by atoms with Crippen LogP contribution in [0.2, 0.25) is 0 Å². The highest BCUT2D eigenvalue weighted by molar-refractivity contribution is 5.76. The summed E-state index contributed by atoms with van der Waals surface area (Å²) >= 11 is 0. The molecular weight excluding hydrogens is 190 g/mol. The summed E-state index contributed by atoms with van der Waals surface area (Å²) in [5.74, 6) is 0.565. The first-order valence-electron chi connectivity index (χ1n) is 5.63. The lowest BCUT2D eigenvalue weighted by Crippen LogP contribution is -2.35. The Balaban J connectivity index is 2.24. The zero-order valence-electron chi connectivity index (χ0n) is 9.25. The van der Waals surface area contributed by atoms with Crippen molar-refractivity contribution in [1.29, 1.82) is 5.26 Å². The Bertz CT molecular complexity index is 241. The average Bonchev–Trinajstić information content (AvgIpc) is 2.69. The predicted molar refractivity (Wildman–Crippen MR) is 58.0 cm³/mol. The maximum Gasteiger partial charge on any atom is 0.220 e. The predicted octanol–water partition coefficient (Wildman–Crippen LogP) is 0.794. The number of nitriles is 1. The van der Waals surface area contributed by atoms with Gasteiger partial charge in [-0.25, -0.2) is 0 Å². The van der Waals surface area contributed by atoms with Gasteiger partial charge in [0, 0.05) is 12.5 Å². The molecule has 2 unspecified atom stereocenters. The highest BCUT2D eigenvalue weighted by atomic mass is 16.1. The van der Waals surface area contributed by atoms with Crippen LogP contribution in [0.4, 0.5) is 0 Å². The molecule has 0 aromatic heterocycles. The van der Waals surface area contributed by atoms with E-state index in [-0.39, 0.29) is 11.9 Å². The Morgan fingerprint density at radius 1 is 1.73 bits per heavy atom. The van der Waals surface area contributed by atoms with Crippen molar-refractivity contribution in [3.05, 3.63) is 0 Å². The molecule has 0 radical (unpaired) electrons. The van der Waals surface area contributed by atoms with Crippen molar-refractivity contribution < 1.29 is 4.79 Å². The Hall–Kier alpha value is -1.08. The molecule has 1 rings (SSSR count). The highest BCUT2D eigenvalue weighted by Crippen LogP contribution is 2.12. The van der Waals surface area contributed by atoms with Gasteiger partial charge in [-0.1, -0.05) is 6.92 Å². The average molecular weight is 209 g/mol. The van der Waals surface area contributed by atoms with Crippen LogP contribution >= 0.6 is 0 Å². The molecule has 1 heterocycles. The number of hydrogen-bond acceptors (Lipinski definition) is 3. The second kappa shape index (κ2) is 6.41. The van der Waals surface area contributed by atoms with Crippen LogP contribution in [0.15, 0.2) is 0 Å². The van der Waals surface area contributed by atoms with E-state index in [9.17, 15) is 4.79 Å². The number of nitrogens with one attached hydrogen (secondary N) is 2. The van der Waals surface area contributed by atoms with Gasteiger partial charge in [0.1, 0.15) is 0 Å². The molecule has 1 aliphatic heterocycles. The second-order valence-electron chi connectivity index (χ2n) is 4.10. The van der Waals surface area contributed by atoms with Gasteiger partial charge in [0.25, 0.3) is 0 Å². The monoisotopic (exact) mass is 209 g/mol. The Morgan fingerprint density at radius 3 is 3.07 bits per heavy atom. The van der Waals surface area contributed by atoms with Gasteiger partial charge in [0.05, 0.1) is 12.5 Å². The molecule has 1 aliphatic rings. The molecule has 1 saturated heterocycles. The quantitative estimate of drug-likeness (QED) is 0.703. The van der Waals surface area contributed by atoms with Crippen molar-refractivity contribution in [1.82, 2.24) is 10.6 Å². The third kappa shape index (κ3) is 4.30. The maximum absolute atomic E-state index is 11.6. The fourth-order valence-corrected chi connectivity index (χ4v) is 1.85. The first kappa shape index (κ1) is 12.0. The zero-order chi connectivity index (χ0) is 11.1. The molecule has 2 atom stereocenters. The van der Waals surface area contributed by atoms with Gasteiger partial charge in [-0.15, -0.1) is 0 Å². The number of nitrogens with zero attached hydrogens (tertiary/aromatic N) is 1. The number of hydrogen-bond donors (Lipinski definition) is 2. The summed E-state index contributed by atoms with van der Waals surface area (Å²) in [5.41, 5.74) is 0. The van der Waals surface area contributed by atoms with Gasteiger partial charge in [0.2, 0.25) is 5.91 Å². The van der Waals surface area contributed by atoms with E-state index in [0.717, 1.165) is 25.9 Å². The van der Waals surface area contributed by atoms with Crippen molar-refractivity contribution in [2.24, 2.45) is 5.92 Å². The standard InChI is InChI=1S/C11H19N3O/c1-2-10(3-5-12)14-11(15)7-9-4-6-13-8-9/h9-10,13H,2-4,6-8H2,1H3,(H,14,15). The lowest BCUT2D eigenvalue weighted by molar-refractivity contribution is -0.122. The molecule has 0 aromatic rings. The maximum atomic E-state index is 11.6. The van der Waals surface area contributed by atoms with Crippen molar-refractivity contribution in [2.75, 3.05) is 13.1 Å². The van der Waals surface area contributed by atoms with E-state index in [2.05, 4.69) is 16.7 Å². The SMILES string of the molecule is CCC(CC#N)NC(=O)CC1CCNC1. The van der Waals surface area contributed by atoms with Crippen LogP contribution in [0.1, 0.15) is 32.6 Å². The zero-order valence-corrected chi connectivity index (χ0v) is 9.25. The second-order valence-corrected chi connectivity index (χ2v) is 4.10. The third-order valence-corrected chi connectivity index (χ3v) is 2.83. The van der Waals surface area contributed by atoms with Crippen LogP contribution in [-0.4, -0.2) is 25.0 Å². The molecule has 1 fully saturated rings. The summed E-state index contributed by atoms with van der Waals surface area (Å²) in [7, 11) is 0. The number of amides is 1. The van der Waals surface area contributed by atoms with Gasteiger partial charge >= 0.3 is 0 Å². The van der Waals surface area contributed by atoms with Gasteiger partial charge in [0.15, 0.2) is 0 Å². The summed E-state index contributed by atoms with van der Waals surface area (Å²) in [6.45, 7) is 3.95. The van der Waals surface area contributed by atoms with Crippen molar-refractivity contribution in [2.45, 2.75) is 38.6 Å². The molecule has 0 bridgehead atoms. The Labute approximate surface area is 91.0 Å². The van der Waals surface area contributed by atoms with Gasteiger partial charge < -0.3 is 10.6 Å². The van der Waals surface area contributed by atoms with Crippen LogP contribution in [0.3, 0.4) is 0 Å². The summed E-state index contributed by atoms with van der Waals surface area (Å²) in [5, 5.41) is 14.7. The molecule has 0 saturated carbocycles. The largest absolute Gasteiger partial charge is 0.352 e. The molecule has 4 nitrogen and oxygen atoms in total. The fourth-order valence-electron chi connectivity index (χ4n) is 1.85. The summed E-state index contributed by atoms with van der Waals surface area (Å²) in [4.78, 5) is 11.6. The van der Waals surface area contributed by atoms with E-state index in [1.54, 1.807) is 0 Å². The number of carbonyl (C=O) groups is 1. The van der Waals surface area contributed by atoms with Crippen LogP contribution in [0, 0.1) is 17.2 Å². The van der Waals surface area contributed by atoms with E-state index in [1.807, 2.05) is 6.92 Å². The molecule has 0 aromatic carbocycles. The van der Waals surface area contributed by atoms with Crippen molar-refractivity contribution in [3.63, 3.8) is 0 Å². The van der Waals surface area contributed by atoms with E-state index in [1.165, 1.54) is 0 Å². The number of rotatable bonds is 5. The minimum Gasteiger partial charge on any atom is -0.352 e. The lowest BCUT2D eigenvalue weighted by Gasteiger charge is -2.15. The topological polar surface area (TPSA) is 64.9 Å². The minimum atomic E-state index is 0.0249. The smallest absolute Gasteiger partial charge is 0.220 e. The van der Waals surface area contributed by atoms with E-state index >= 15 is 0 Å². The third-order valence-electron chi connectivity index (χ3n) is 2.83. The first-order chi connectivity index (χ1) is 7.26. The van der Waals surface area contributed by atoms with E-state index < -0.39 is 0 Å². The Kier molecular flexibility index (Phi) is 5.13. The molecule has 2 N–H and O–H groups in total. The lowest BCUT2D eigenvalue weighted by atomic mass is 10.0. The van der Waals surface area contributed by atoms with E-state index in [4.69, 9.17) is 5.26 Å². The Morgan fingerprint density at radius 2 is 2.53 bits per heavy atom. The molecule has 4 heteroatoms. The van der Waals surface area contributed by atoms with Gasteiger partial charge in [-0.2, -0.15) is 5.26 Å². The first-order valence-corrected chi connectivity index (χ1v) is 5.63. The van der Waals surface area contributed by atoms with Crippen molar-refractivity contribution in [3.8, 4) is 6.07 Å². The summed E-state index contributed by atoms with van der Waals surface area (Å²) in [6.07, 6.45) is 2.91. The fraction of sp³-hybridized carbons (Fsp3) is 0.818. The highest BCUT2D eigenvalue weighted by Gasteiger charge is 2.19. The minimum absolute atomic E-state index is 0.0249.